The van der Waals surface area contributed by atoms with Crippen molar-refractivity contribution in [3.05, 3.63) is 42.6 Å². The predicted molar refractivity (Wildman–Crippen MR) is 74.2 cm³/mol. The molecule has 20 heavy (non-hydrogen) atoms. The molecule has 1 aromatic carbocycles. The Morgan fingerprint density at radius 1 is 1.25 bits per heavy atom. The van der Waals surface area contributed by atoms with Gasteiger partial charge in [0.2, 0.25) is 0 Å². The summed E-state index contributed by atoms with van der Waals surface area (Å²) >= 11 is 0. The maximum absolute atomic E-state index is 13.8. The number of anilines is 1. The van der Waals surface area contributed by atoms with E-state index in [4.69, 9.17) is 5.73 Å². The van der Waals surface area contributed by atoms with Gasteiger partial charge in [-0.1, -0.05) is 12.1 Å². The Hall–Kier alpha value is -2.54. The molecule has 0 atom stereocenters. The Kier molecular flexibility index (Phi) is 3.26. The van der Waals surface area contributed by atoms with E-state index in [2.05, 4.69) is 20.4 Å². The average Bonchev–Trinajstić information content (AvgIpc) is 2.90. The van der Waals surface area contributed by atoms with Gasteiger partial charge in [0, 0.05) is 13.1 Å². The second-order valence-electron chi connectivity index (χ2n) is 4.18. The van der Waals surface area contributed by atoms with Gasteiger partial charge >= 0.3 is 0 Å². The van der Waals surface area contributed by atoms with Crippen LogP contribution < -0.4 is 11.1 Å². The highest BCUT2D eigenvalue weighted by Gasteiger charge is 2.12. The molecule has 0 fully saturated rings. The maximum Gasteiger partial charge on any atom is 0.168 e. The normalized spacial score (nSPS) is 10.9. The Morgan fingerprint density at radius 2 is 2.10 bits per heavy atom. The van der Waals surface area contributed by atoms with E-state index in [0.29, 0.717) is 30.2 Å². The smallest absolute Gasteiger partial charge is 0.168 e. The lowest BCUT2D eigenvalue weighted by molar-refractivity contribution is 0.612. The zero-order chi connectivity index (χ0) is 13.9. The summed E-state index contributed by atoms with van der Waals surface area (Å²) in [4.78, 5) is 8.33. The van der Waals surface area contributed by atoms with Gasteiger partial charge < -0.3 is 11.1 Å². The average molecular weight is 272 g/mol. The first-order valence-corrected chi connectivity index (χ1v) is 6.19. The van der Waals surface area contributed by atoms with Crippen LogP contribution in [0.4, 0.5) is 10.2 Å². The van der Waals surface area contributed by atoms with E-state index in [1.54, 1.807) is 24.4 Å². The summed E-state index contributed by atoms with van der Waals surface area (Å²) in [5, 5.41) is 8.02. The van der Waals surface area contributed by atoms with Crippen molar-refractivity contribution in [2.75, 3.05) is 18.4 Å². The molecular formula is C13H13FN6. The Bertz CT molecular complexity index is 739. The summed E-state index contributed by atoms with van der Waals surface area (Å²) < 4.78 is 15.3. The second kappa shape index (κ2) is 5.22. The van der Waals surface area contributed by atoms with E-state index in [1.165, 1.54) is 17.1 Å². The third-order valence-electron chi connectivity index (χ3n) is 2.88. The molecule has 0 aliphatic rings. The lowest BCUT2D eigenvalue weighted by atomic mass is 10.3. The van der Waals surface area contributed by atoms with Gasteiger partial charge in [-0.2, -0.15) is 5.10 Å². The first kappa shape index (κ1) is 12.5. The van der Waals surface area contributed by atoms with Gasteiger partial charge in [-0.3, -0.25) is 0 Å². The first-order valence-electron chi connectivity index (χ1n) is 6.19. The molecule has 2 heterocycles. The molecule has 0 spiro atoms. The van der Waals surface area contributed by atoms with Gasteiger partial charge in [-0.25, -0.2) is 19.0 Å². The fraction of sp³-hybridized carbons (Fsp3) is 0.154. The highest BCUT2D eigenvalue weighted by Crippen LogP contribution is 2.22. The molecule has 3 rings (SSSR count). The molecule has 3 aromatic rings. The summed E-state index contributed by atoms with van der Waals surface area (Å²) in [5.41, 5.74) is 6.36. The quantitative estimate of drug-likeness (QED) is 0.748. The lowest BCUT2D eigenvalue weighted by Gasteiger charge is -2.06. The van der Waals surface area contributed by atoms with Crippen molar-refractivity contribution >= 4 is 16.9 Å². The third-order valence-corrected chi connectivity index (χ3v) is 2.88. The van der Waals surface area contributed by atoms with E-state index >= 15 is 0 Å². The van der Waals surface area contributed by atoms with Crippen molar-refractivity contribution in [1.29, 1.82) is 0 Å². The fourth-order valence-corrected chi connectivity index (χ4v) is 1.98. The molecule has 0 aliphatic carbocycles. The number of nitrogens with one attached hydrogen (secondary N) is 1. The van der Waals surface area contributed by atoms with Crippen LogP contribution in [0, 0.1) is 5.82 Å². The number of rotatable bonds is 4. The summed E-state index contributed by atoms with van der Waals surface area (Å²) in [5.74, 6) is 0.288. The lowest BCUT2D eigenvalue weighted by Crippen LogP contribution is -2.14. The number of nitrogens with zero attached hydrogens (tertiary/aromatic N) is 4. The molecule has 0 amide bonds. The van der Waals surface area contributed by atoms with Gasteiger partial charge in [0.25, 0.3) is 0 Å². The van der Waals surface area contributed by atoms with Gasteiger partial charge in [-0.05, 0) is 12.1 Å². The van der Waals surface area contributed by atoms with Crippen LogP contribution in [0.5, 0.6) is 0 Å². The van der Waals surface area contributed by atoms with Crippen LogP contribution in [0.15, 0.2) is 36.8 Å². The van der Waals surface area contributed by atoms with Crippen molar-refractivity contribution in [1.82, 2.24) is 19.7 Å². The summed E-state index contributed by atoms with van der Waals surface area (Å²) in [6, 6.07) is 6.42. The van der Waals surface area contributed by atoms with Crippen LogP contribution in [-0.2, 0) is 0 Å². The number of nitrogens with two attached hydrogens (primary N) is 1. The largest absolute Gasteiger partial charge is 0.368 e. The molecule has 3 N–H and O–H groups in total. The molecule has 0 unspecified atom stereocenters. The molecular weight excluding hydrogens is 259 g/mol. The van der Waals surface area contributed by atoms with Crippen molar-refractivity contribution in [3.8, 4) is 5.69 Å². The van der Waals surface area contributed by atoms with E-state index in [9.17, 15) is 4.39 Å². The molecule has 0 radical (unpaired) electrons. The number of hydrogen-bond acceptors (Lipinski definition) is 5. The summed E-state index contributed by atoms with van der Waals surface area (Å²) in [6.45, 7) is 1.09. The standard InChI is InChI=1S/C13H13FN6/c14-10-3-1-2-4-11(10)20-13-9(7-19-20)12(16-6-5-15)17-8-18-13/h1-4,7-8H,5-6,15H2,(H,16,17,18). The Balaban J connectivity index is 2.13. The van der Waals surface area contributed by atoms with Crippen LogP contribution in [0.25, 0.3) is 16.7 Å². The van der Waals surface area contributed by atoms with Crippen LogP contribution in [0.2, 0.25) is 0 Å². The minimum absolute atomic E-state index is 0.353. The topological polar surface area (TPSA) is 81.7 Å². The monoisotopic (exact) mass is 272 g/mol. The predicted octanol–water partition coefficient (Wildman–Crippen LogP) is 1.33. The van der Waals surface area contributed by atoms with Gasteiger partial charge in [0.1, 0.15) is 23.6 Å². The SMILES string of the molecule is NCCNc1ncnc2c1cnn2-c1ccccc1F. The highest BCUT2D eigenvalue weighted by atomic mass is 19.1. The van der Waals surface area contributed by atoms with Crippen LogP contribution in [0.3, 0.4) is 0 Å². The summed E-state index contributed by atoms with van der Waals surface area (Å²) in [7, 11) is 0. The first-order chi connectivity index (χ1) is 9.81. The minimum Gasteiger partial charge on any atom is -0.368 e. The minimum atomic E-state index is -0.354. The van der Waals surface area contributed by atoms with Crippen molar-refractivity contribution in [3.63, 3.8) is 0 Å². The number of halogens is 1. The van der Waals surface area contributed by atoms with Crippen molar-refractivity contribution in [2.24, 2.45) is 5.73 Å². The van der Waals surface area contributed by atoms with Crippen LogP contribution >= 0.6 is 0 Å². The number of hydrogen-bond donors (Lipinski definition) is 2. The molecule has 6 nitrogen and oxygen atoms in total. The second-order valence-corrected chi connectivity index (χ2v) is 4.18. The molecule has 102 valence electrons. The Labute approximate surface area is 114 Å². The molecule has 0 aliphatic heterocycles. The fourth-order valence-electron chi connectivity index (χ4n) is 1.98. The molecule has 0 saturated heterocycles. The van der Waals surface area contributed by atoms with Gasteiger partial charge in [0.15, 0.2) is 5.65 Å². The van der Waals surface area contributed by atoms with Crippen LogP contribution in [-0.4, -0.2) is 32.8 Å². The van der Waals surface area contributed by atoms with Gasteiger partial charge in [-0.15, -0.1) is 0 Å². The van der Waals surface area contributed by atoms with Crippen molar-refractivity contribution < 1.29 is 4.39 Å². The molecule has 2 aromatic heterocycles. The summed E-state index contributed by atoms with van der Waals surface area (Å²) in [6.07, 6.45) is 3.03. The Morgan fingerprint density at radius 3 is 2.90 bits per heavy atom. The number of benzene rings is 1. The van der Waals surface area contributed by atoms with Gasteiger partial charge in [0.05, 0.1) is 11.6 Å². The van der Waals surface area contributed by atoms with E-state index in [1.807, 2.05) is 0 Å². The molecule has 0 saturated carbocycles. The van der Waals surface area contributed by atoms with E-state index < -0.39 is 0 Å². The maximum atomic E-state index is 13.8. The molecule has 7 heteroatoms. The third kappa shape index (κ3) is 2.08. The number of aromatic nitrogens is 4. The number of fused-ring (bicyclic) bond motifs is 1. The van der Waals surface area contributed by atoms with E-state index in [0.717, 1.165) is 5.39 Å². The number of para-hydroxylation sites is 1. The highest BCUT2D eigenvalue weighted by molar-refractivity contribution is 5.87. The zero-order valence-corrected chi connectivity index (χ0v) is 10.6. The molecule has 0 bridgehead atoms. The zero-order valence-electron chi connectivity index (χ0n) is 10.6. The van der Waals surface area contributed by atoms with E-state index in [-0.39, 0.29) is 5.82 Å². The van der Waals surface area contributed by atoms with Crippen molar-refractivity contribution in [2.45, 2.75) is 0 Å². The van der Waals surface area contributed by atoms with Crippen LogP contribution in [0.1, 0.15) is 0 Å².